The summed E-state index contributed by atoms with van der Waals surface area (Å²) in [5.41, 5.74) is -1.71. The van der Waals surface area contributed by atoms with Crippen LogP contribution >= 0.6 is 0 Å². The molecule has 6 aromatic rings. The van der Waals surface area contributed by atoms with Crippen molar-refractivity contribution in [3.8, 4) is 34.5 Å². The first-order chi connectivity index (χ1) is 32.9. The van der Waals surface area contributed by atoms with Crippen LogP contribution < -0.4 is 41.4 Å². The average Bonchev–Trinajstić information content (AvgIpc) is 3.26. The standard InChI is InChI=1S/C24H28F3N3O5.C19H18F3N3O4.C5H10O/c1-5-6-10-30-22(32)20-19(17(31)11-14(2)3)18(13-28-21(20)29(4)23(30)33)34-15-8-7-9-16(12-15)35-24(25,26)27;1-3-4-8-25-17(26)15-10-14(11-23-16(15)24(2)18(25)27)28-12-6-5-7-13(9-12)29-19(20,21)22;1-5(2)3-4-6/h7-9,12-14,17,31H,5-6,10-11H2,1-4H3;5-7,9-11H,3-4,8H2,1-2H3;4-5H,3H2,1-2H3. The second kappa shape index (κ2) is 24.5. The molecule has 0 amide bonds. The summed E-state index contributed by atoms with van der Waals surface area (Å²) in [6, 6.07) is 11.3. The van der Waals surface area contributed by atoms with Gasteiger partial charge in [0.15, 0.2) is 5.75 Å². The number of fused-ring (bicyclic) bond motifs is 2. The smallest absolute Gasteiger partial charge is 0.456 e. The number of aliphatic hydroxyl groups is 1. The van der Waals surface area contributed by atoms with Crippen molar-refractivity contribution in [1.82, 2.24) is 28.2 Å². The number of pyridine rings is 2. The fraction of sp³-hybridized carbons (Fsp3) is 0.438. The summed E-state index contributed by atoms with van der Waals surface area (Å²) in [5, 5.41) is 11.3. The first-order valence-corrected chi connectivity index (χ1v) is 22.3. The summed E-state index contributed by atoms with van der Waals surface area (Å²) < 4.78 is 98.9. The lowest BCUT2D eigenvalue weighted by atomic mass is 9.97. The number of benzene rings is 2. The molecule has 70 heavy (non-hydrogen) atoms. The van der Waals surface area contributed by atoms with E-state index in [2.05, 4.69) is 19.4 Å². The number of halogens is 6. The quantitative estimate of drug-likeness (QED) is 0.0675. The molecule has 0 spiro atoms. The van der Waals surface area contributed by atoms with Crippen molar-refractivity contribution in [1.29, 1.82) is 0 Å². The van der Waals surface area contributed by atoms with Gasteiger partial charge in [-0.05, 0) is 61.4 Å². The van der Waals surface area contributed by atoms with Gasteiger partial charge in [-0.2, -0.15) is 0 Å². The van der Waals surface area contributed by atoms with Gasteiger partial charge in [-0.1, -0.05) is 66.5 Å². The molecule has 16 nitrogen and oxygen atoms in total. The summed E-state index contributed by atoms with van der Waals surface area (Å²) in [6.07, 6.45) is -3.59. The molecule has 0 aliphatic heterocycles. The number of aromatic nitrogens is 6. The number of ether oxygens (including phenoxy) is 4. The third kappa shape index (κ3) is 15.3. The number of aldehydes is 1. The third-order valence-corrected chi connectivity index (χ3v) is 10.1. The third-order valence-electron chi connectivity index (χ3n) is 10.1. The van der Waals surface area contributed by atoms with Gasteiger partial charge in [-0.3, -0.25) is 27.9 Å². The molecule has 1 unspecified atom stereocenters. The Kier molecular flexibility index (Phi) is 19.5. The van der Waals surface area contributed by atoms with Gasteiger partial charge in [0.1, 0.15) is 46.3 Å². The van der Waals surface area contributed by atoms with Crippen LogP contribution in [0.2, 0.25) is 0 Å². The van der Waals surface area contributed by atoms with Gasteiger partial charge in [0.05, 0.1) is 29.3 Å². The molecule has 380 valence electrons. The Morgan fingerprint density at radius 2 is 1.14 bits per heavy atom. The molecule has 4 heterocycles. The van der Waals surface area contributed by atoms with Crippen LogP contribution in [0.15, 0.2) is 86.2 Å². The van der Waals surface area contributed by atoms with E-state index in [4.69, 9.17) is 9.47 Å². The topological polar surface area (TPSA) is 188 Å². The van der Waals surface area contributed by atoms with Crippen LogP contribution in [0, 0.1) is 11.8 Å². The van der Waals surface area contributed by atoms with Crippen molar-refractivity contribution in [2.75, 3.05) is 0 Å². The van der Waals surface area contributed by atoms with E-state index < -0.39 is 52.8 Å². The zero-order valence-corrected chi connectivity index (χ0v) is 39.9. The molecule has 0 fully saturated rings. The zero-order chi connectivity index (χ0) is 52.1. The van der Waals surface area contributed by atoms with E-state index >= 15 is 0 Å². The highest BCUT2D eigenvalue weighted by atomic mass is 19.4. The van der Waals surface area contributed by atoms with Gasteiger partial charge in [-0.25, -0.2) is 19.6 Å². The minimum Gasteiger partial charge on any atom is -0.456 e. The fourth-order valence-electron chi connectivity index (χ4n) is 6.81. The Balaban J connectivity index is 0.000000276. The summed E-state index contributed by atoms with van der Waals surface area (Å²) in [5.74, 6) is -0.162. The number of hydrogen-bond donors (Lipinski definition) is 1. The first kappa shape index (κ1) is 55.6. The summed E-state index contributed by atoms with van der Waals surface area (Å²) >= 11 is 0. The van der Waals surface area contributed by atoms with Crippen LogP contribution in [0.3, 0.4) is 0 Å². The molecule has 1 N–H and O–H groups in total. The molecule has 0 aliphatic rings. The summed E-state index contributed by atoms with van der Waals surface area (Å²) in [4.78, 5) is 69.3. The number of rotatable bonds is 17. The van der Waals surface area contributed by atoms with Crippen LogP contribution in [-0.4, -0.2) is 52.4 Å². The molecule has 0 bridgehead atoms. The average molecular weight is 991 g/mol. The maximum atomic E-state index is 13.4. The van der Waals surface area contributed by atoms with Crippen LogP contribution in [0.5, 0.6) is 34.5 Å². The van der Waals surface area contributed by atoms with E-state index in [9.17, 15) is 55.4 Å². The Morgan fingerprint density at radius 3 is 1.61 bits per heavy atom. The molecular weight excluding hydrogens is 935 g/mol. The van der Waals surface area contributed by atoms with E-state index in [1.54, 1.807) is 0 Å². The van der Waals surface area contributed by atoms with E-state index in [1.165, 1.54) is 66.0 Å². The maximum Gasteiger partial charge on any atom is 0.573 e. The Hall–Kier alpha value is -6.97. The van der Waals surface area contributed by atoms with E-state index in [1.807, 2.05) is 41.5 Å². The highest BCUT2D eigenvalue weighted by Crippen LogP contribution is 2.37. The molecule has 0 saturated carbocycles. The van der Waals surface area contributed by atoms with Crippen LogP contribution in [-0.2, 0) is 32.0 Å². The van der Waals surface area contributed by atoms with Crippen molar-refractivity contribution < 1.29 is 55.2 Å². The minimum atomic E-state index is -4.88. The molecule has 4 aromatic heterocycles. The van der Waals surface area contributed by atoms with Crippen molar-refractivity contribution >= 4 is 28.4 Å². The maximum absolute atomic E-state index is 13.4. The van der Waals surface area contributed by atoms with E-state index in [0.29, 0.717) is 25.2 Å². The van der Waals surface area contributed by atoms with E-state index in [-0.39, 0.29) is 76.1 Å². The molecular formula is C48H56F6N6O10. The summed E-state index contributed by atoms with van der Waals surface area (Å²) in [7, 11) is 2.99. The van der Waals surface area contributed by atoms with Crippen LogP contribution in [0.25, 0.3) is 22.1 Å². The van der Waals surface area contributed by atoms with Crippen LogP contribution in [0.1, 0.15) is 91.7 Å². The zero-order valence-electron chi connectivity index (χ0n) is 39.9. The normalized spacial score (nSPS) is 12.0. The lowest BCUT2D eigenvalue weighted by Crippen LogP contribution is -2.40. The largest absolute Gasteiger partial charge is 0.573 e. The number of aryl methyl sites for hydroxylation is 2. The second-order valence-corrected chi connectivity index (χ2v) is 16.8. The number of carbonyl (C=O) groups is 1. The number of carbonyl (C=O) groups excluding carboxylic acids is 1. The summed E-state index contributed by atoms with van der Waals surface area (Å²) in [6.45, 7) is 12.2. The highest BCUT2D eigenvalue weighted by Gasteiger charge is 2.32. The van der Waals surface area contributed by atoms with Gasteiger partial charge in [0, 0.05) is 51.3 Å². The number of hydrogen-bond acceptors (Lipinski definition) is 12. The van der Waals surface area contributed by atoms with Gasteiger partial charge in [0.25, 0.3) is 11.1 Å². The Bertz CT molecular complexity index is 2980. The number of aliphatic hydroxyl groups excluding tert-OH is 1. The first-order valence-electron chi connectivity index (χ1n) is 22.3. The lowest BCUT2D eigenvalue weighted by molar-refractivity contribution is -0.275. The Morgan fingerprint density at radius 1 is 0.657 bits per heavy atom. The highest BCUT2D eigenvalue weighted by molar-refractivity contribution is 5.81. The Labute approximate surface area is 397 Å². The van der Waals surface area contributed by atoms with Crippen molar-refractivity contribution in [2.45, 2.75) is 112 Å². The van der Waals surface area contributed by atoms with Crippen molar-refractivity contribution in [3.05, 3.63) is 114 Å². The SMILES string of the molecule is CC(C)CC=O.CCCCn1c(=O)c2c(C(O)CC(C)C)c(Oc3cccc(OC(F)(F)F)c3)cnc2n(C)c1=O.CCCCn1c(=O)c2cc(Oc3cccc(OC(F)(F)F)c3)cnc2n(C)c1=O. The van der Waals surface area contributed by atoms with E-state index in [0.717, 1.165) is 52.5 Å². The monoisotopic (exact) mass is 990 g/mol. The number of unbranched alkanes of at least 4 members (excludes halogenated alkanes) is 2. The molecule has 2 aromatic carbocycles. The molecule has 0 radical (unpaired) electrons. The van der Waals surface area contributed by atoms with Gasteiger partial charge < -0.3 is 28.8 Å². The predicted molar refractivity (Wildman–Crippen MR) is 249 cm³/mol. The molecule has 22 heteroatoms. The molecule has 6 rings (SSSR count). The fourth-order valence-corrected chi connectivity index (χ4v) is 6.81. The second-order valence-electron chi connectivity index (χ2n) is 16.8. The minimum absolute atomic E-state index is 0.00685. The van der Waals surface area contributed by atoms with Gasteiger partial charge in [0.2, 0.25) is 0 Å². The number of alkyl halides is 6. The molecule has 0 aliphatic carbocycles. The van der Waals surface area contributed by atoms with Gasteiger partial charge in [-0.15, -0.1) is 26.3 Å². The predicted octanol–water partition coefficient (Wildman–Crippen LogP) is 9.48. The van der Waals surface area contributed by atoms with Crippen molar-refractivity contribution in [2.24, 2.45) is 25.9 Å². The molecule has 1 atom stereocenters. The van der Waals surface area contributed by atoms with Crippen LogP contribution in [0.4, 0.5) is 26.3 Å². The van der Waals surface area contributed by atoms with Crippen molar-refractivity contribution in [3.63, 3.8) is 0 Å². The number of nitrogens with zero attached hydrogens (tertiary/aromatic N) is 6. The molecule has 0 saturated heterocycles. The van der Waals surface area contributed by atoms with Gasteiger partial charge >= 0.3 is 24.1 Å². The lowest BCUT2D eigenvalue weighted by Gasteiger charge is -2.21.